The van der Waals surface area contributed by atoms with Gasteiger partial charge in [0.15, 0.2) is 11.5 Å². The molecule has 0 aliphatic heterocycles. The second-order valence-corrected chi connectivity index (χ2v) is 4.37. The van der Waals surface area contributed by atoms with Gasteiger partial charge in [-0.15, -0.1) is 0 Å². The summed E-state index contributed by atoms with van der Waals surface area (Å²) in [5.74, 6) is -0.158. The zero-order valence-electron chi connectivity index (χ0n) is 5.93. The molecule has 2 nitrogen and oxygen atoms in total. The van der Waals surface area contributed by atoms with Crippen molar-refractivity contribution < 1.29 is 9.59 Å². The summed E-state index contributed by atoms with van der Waals surface area (Å²) < 4.78 is 0. The van der Waals surface area contributed by atoms with Crippen molar-refractivity contribution in [1.29, 1.82) is 0 Å². The lowest BCUT2D eigenvalue weighted by molar-refractivity contribution is -0.133. The molecule has 0 heterocycles. The lowest BCUT2D eigenvalue weighted by atomic mass is 10.3. The Kier molecular flexibility index (Phi) is 3.54. The van der Waals surface area contributed by atoms with Crippen LogP contribution in [0.25, 0.3) is 0 Å². The Hall–Kier alpha value is -0.310. The molecule has 0 spiro atoms. The fourth-order valence-electron chi connectivity index (χ4n) is 0.364. The van der Waals surface area contributed by atoms with Crippen molar-refractivity contribution >= 4 is 22.5 Å². The molecule has 0 radical (unpaired) electrons. The molecule has 3 heteroatoms. The summed E-state index contributed by atoms with van der Waals surface area (Å²) >= 11 is 0. The summed E-state index contributed by atoms with van der Waals surface area (Å²) in [5, 5.41) is 0. The van der Waals surface area contributed by atoms with E-state index in [0.29, 0.717) is 5.75 Å². The molecule has 52 valence electrons. The van der Waals surface area contributed by atoms with E-state index in [9.17, 15) is 9.59 Å². The summed E-state index contributed by atoms with van der Waals surface area (Å²) in [4.78, 5) is 20.9. The van der Waals surface area contributed by atoms with Crippen molar-refractivity contribution in [2.45, 2.75) is 6.92 Å². The van der Waals surface area contributed by atoms with Crippen LogP contribution in [0.15, 0.2) is 0 Å². The highest BCUT2D eigenvalue weighted by molar-refractivity contribution is 7.96. The predicted octanol–water partition coefficient (Wildman–Crippen LogP) is 0.0224. The Balaban J connectivity index is 3.65. The Morgan fingerprint density at radius 1 is 1.33 bits per heavy atom. The Morgan fingerprint density at radius 3 is 1.89 bits per heavy atom. The van der Waals surface area contributed by atoms with E-state index in [0.717, 1.165) is 0 Å². The number of hydrogen-bond donors (Lipinski definition) is 0. The van der Waals surface area contributed by atoms with E-state index in [4.69, 9.17) is 0 Å². The van der Waals surface area contributed by atoms with Crippen molar-refractivity contribution in [2.75, 3.05) is 18.3 Å². The van der Waals surface area contributed by atoms with Crippen molar-refractivity contribution in [2.24, 2.45) is 0 Å². The fourth-order valence-corrected chi connectivity index (χ4v) is 1.09. The highest BCUT2D eigenvalue weighted by Crippen LogP contribution is 1.85. The standard InChI is InChI=1S/C6H11O2S/c1-5(7)6(8)4-9(2)3/h4H2,1-3H3/q+1. The first-order valence-corrected chi connectivity index (χ1v) is 4.83. The van der Waals surface area contributed by atoms with Crippen LogP contribution >= 0.6 is 0 Å². The first kappa shape index (κ1) is 8.69. The molecule has 0 rings (SSSR count). The highest BCUT2D eigenvalue weighted by atomic mass is 32.2. The molecule has 0 aromatic rings. The minimum Gasteiger partial charge on any atom is -0.291 e. The van der Waals surface area contributed by atoms with Gasteiger partial charge < -0.3 is 0 Å². The van der Waals surface area contributed by atoms with Crippen LogP contribution in [0.5, 0.6) is 0 Å². The molecular weight excluding hydrogens is 136 g/mol. The molecule has 0 atom stereocenters. The molecule has 0 aliphatic carbocycles. The van der Waals surface area contributed by atoms with E-state index in [1.54, 1.807) is 0 Å². The van der Waals surface area contributed by atoms with E-state index in [2.05, 4.69) is 0 Å². The Morgan fingerprint density at radius 2 is 1.78 bits per heavy atom. The van der Waals surface area contributed by atoms with Crippen molar-refractivity contribution in [3.63, 3.8) is 0 Å². The smallest absolute Gasteiger partial charge is 0.246 e. The quantitative estimate of drug-likeness (QED) is 0.416. The van der Waals surface area contributed by atoms with Gasteiger partial charge in [-0.2, -0.15) is 0 Å². The molecular formula is C6H11O2S+. The average Bonchev–Trinajstić information content (AvgIpc) is 1.63. The maximum atomic E-state index is 10.6. The van der Waals surface area contributed by atoms with E-state index in [1.807, 2.05) is 12.5 Å². The molecule has 0 aromatic heterocycles. The van der Waals surface area contributed by atoms with Crippen LogP contribution in [0.3, 0.4) is 0 Å². The van der Waals surface area contributed by atoms with Gasteiger partial charge in [0, 0.05) is 6.92 Å². The average molecular weight is 147 g/mol. The minimum absolute atomic E-state index is 0.0634. The van der Waals surface area contributed by atoms with Gasteiger partial charge in [0.1, 0.15) is 0 Å². The van der Waals surface area contributed by atoms with Crippen LogP contribution in [0.1, 0.15) is 6.92 Å². The van der Waals surface area contributed by atoms with Gasteiger partial charge in [0.2, 0.25) is 5.78 Å². The van der Waals surface area contributed by atoms with Gasteiger partial charge in [-0.25, -0.2) is 0 Å². The third-order valence-electron chi connectivity index (χ3n) is 0.812. The largest absolute Gasteiger partial charge is 0.291 e. The summed E-state index contributed by atoms with van der Waals surface area (Å²) in [6.45, 7) is 1.31. The van der Waals surface area contributed by atoms with Gasteiger partial charge in [-0.3, -0.25) is 9.59 Å². The molecule has 0 aliphatic rings. The molecule has 0 fully saturated rings. The molecule has 9 heavy (non-hydrogen) atoms. The van der Waals surface area contributed by atoms with E-state index in [1.165, 1.54) is 6.92 Å². The highest BCUT2D eigenvalue weighted by Gasteiger charge is 2.14. The molecule has 0 saturated heterocycles. The summed E-state index contributed by atoms with van der Waals surface area (Å²) in [7, 11) is 0.0634. The Bertz CT molecular complexity index is 129. The van der Waals surface area contributed by atoms with Crippen LogP contribution in [0.2, 0.25) is 0 Å². The van der Waals surface area contributed by atoms with Crippen LogP contribution in [0, 0.1) is 0 Å². The number of rotatable bonds is 3. The Labute approximate surface area is 58.0 Å². The zero-order chi connectivity index (χ0) is 7.44. The van der Waals surface area contributed by atoms with Gasteiger partial charge in [-0.05, 0) is 10.9 Å². The monoisotopic (exact) mass is 147 g/mol. The first-order valence-electron chi connectivity index (χ1n) is 2.62. The first-order chi connectivity index (χ1) is 4.04. The second kappa shape index (κ2) is 3.67. The van der Waals surface area contributed by atoms with Crippen molar-refractivity contribution in [3.05, 3.63) is 0 Å². The molecule has 0 unspecified atom stereocenters. The van der Waals surface area contributed by atoms with Crippen LogP contribution in [0.4, 0.5) is 0 Å². The van der Waals surface area contributed by atoms with E-state index < -0.39 is 0 Å². The lowest BCUT2D eigenvalue weighted by Crippen LogP contribution is -2.19. The normalized spacial score (nSPS) is 9.78. The van der Waals surface area contributed by atoms with E-state index >= 15 is 0 Å². The number of hydrogen-bond acceptors (Lipinski definition) is 2. The molecule has 0 amide bonds. The van der Waals surface area contributed by atoms with Crippen molar-refractivity contribution in [3.8, 4) is 0 Å². The molecule has 0 aromatic carbocycles. The molecule has 0 N–H and O–H groups in total. The van der Waals surface area contributed by atoms with Crippen molar-refractivity contribution in [1.82, 2.24) is 0 Å². The summed E-state index contributed by atoms with van der Waals surface area (Å²) in [6.07, 6.45) is 3.89. The van der Waals surface area contributed by atoms with Crippen LogP contribution in [-0.4, -0.2) is 29.8 Å². The second-order valence-electron chi connectivity index (χ2n) is 2.11. The summed E-state index contributed by atoms with van der Waals surface area (Å²) in [6, 6.07) is 0. The molecule has 0 saturated carbocycles. The number of Topliss-reactive ketones (excluding diaryl/α,β-unsaturated/α-hetero) is 2. The van der Waals surface area contributed by atoms with Gasteiger partial charge >= 0.3 is 0 Å². The third-order valence-corrected chi connectivity index (χ3v) is 1.65. The maximum absolute atomic E-state index is 10.6. The number of carbonyl (C=O) groups is 2. The molecule has 0 bridgehead atoms. The number of ketones is 2. The summed E-state index contributed by atoms with van der Waals surface area (Å²) in [5.41, 5.74) is 0. The third kappa shape index (κ3) is 4.21. The lowest BCUT2D eigenvalue weighted by Gasteiger charge is -1.90. The van der Waals surface area contributed by atoms with Gasteiger partial charge in [-0.1, -0.05) is 0 Å². The SMILES string of the molecule is CC(=O)C(=O)C[S+](C)C. The fraction of sp³-hybridized carbons (Fsp3) is 0.667. The topological polar surface area (TPSA) is 34.1 Å². The zero-order valence-corrected chi connectivity index (χ0v) is 6.75. The van der Waals surface area contributed by atoms with Gasteiger partial charge in [0.05, 0.1) is 12.5 Å². The van der Waals surface area contributed by atoms with Crippen LogP contribution < -0.4 is 0 Å². The maximum Gasteiger partial charge on any atom is 0.246 e. The minimum atomic E-state index is -0.323. The van der Waals surface area contributed by atoms with Gasteiger partial charge in [0.25, 0.3) is 0 Å². The number of carbonyl (C=O) groups excluding carboxylic acids is 2. The van der Waals surface area contributed by atoms with Crippen LogP contribution in [-0.2, 0) is 20.5 Å². The van der Waals surface area contributed by atoms with E-state index in [-0.39, 0.29) is 22.5 Å². The predicted molar refractivity (Wildman–Crippen MR) is 39.8 cm³/mol.